The maximum Gasteiger partial charge on any atom is 0.257 e. The SMILES string of the molecule is CCN(c1ccc(-c2csc(NC(=O)c3ccc(-c4ccccc4)cc3)n2)cc1)S(C)(=O)=O. The van der Waals surface area contributed by atoms with Crippen LogP contribution in [-0.4, -0.2) is 32.1 Å². The molecule has 1 heterocycles. The Kier molecular flexibility index (Phi) is 6.57. The molecular formula is C25H23N3O3S2. The van der Waals surface area contributed by atoms with Crippen LogP contribution in [0.3, 0.4) is 0 Å². The number of nitrogens with one attached hydrogen (secondary N) is 1. The van der Waals surface area contributed by atoms with E-state index in [0.29, 0.717) is 28.6 Å². The first-order valence-electron chi connectivity index (χ1n) is 10.4. The minimum atomic E-state index is -3.33. The molecule has 4 rings (SSSR count). The Hall–Kier alpha value is -3.49. The van der Waals surface area contributed by atoms with E-state index in [1.807, 2.05) is 60.0 Å². The van der Waals surface area contributed by atoms with Crippen molar-refractivity contribution >= 4 is 38.1 Å². The Morgan fingerprint density at radius 2 is 1.52 bits per heavy atom. The number of rotatable bonds is 7. The van der Waals surface area contributed by atoms with Gasteiger partial charge in [0.15, 0.2) is 5.13 Å². The van der Waals surface area contributed by atoms with Crippen LogP contribution < -0.4 is 9.62 Å². The molecule has 8 heteroatoms. The van der Waals surface area contributed by atoms with Crippen LogP contribution >= 0.6 is 11.3 Å². The molecule has 0 aliphatic heterocycles. The van der Waals surface area contributed by atoms with E-state index in [9.17, 15) is 13.2 Å². The maximum atomic E-state index is 12.6. The summed E-state index contributed by atoms with van der Waals surface area (Å²) >= 11 is 1.34. The molecule has 0 atom stereocenters. The number of aromatic nitrogens is 1. The van der Waals surface area contributed by atoms with E-state index < -0.39 is 10.0 Å². The molecule has 0 radical (unpaired) electrons. The lowest BCUT2D eigenvalue weighted by Crippen LogP contribution is -2.29. The lowest BCUT2D eigenvalue weighted by molar-refractivity contribution is 0.102. The van der Waals surface area contributed by atoms with Gasteiger partial charge in [-0.3, -0.25) is 14.4 Å². The van der Waals surface area contributed by atoms with Gasteiger partial charge in [-0.2, -0.15) is 0 Å². The second-order valence-electron chi connectivity index (χ2n) is 7.41. The zero-order chi connectivity index (χ0) is 23.4. The smallest absolute Gasteiger partial charge is 0.257 e. The van der Waals surface area contributed by atoms with E-state index in [1.54, 1.807) is 31.2 Å². The number of carbonyl (C=O) groups is 1. The molecule has 1 N–H and O–H groups in total. The van der Waals surface area contributed by atoms with Crippen LogP contribution in [0, 0.1) is 0 Å². The van der Waals surface area contributed by atoms with E-state index in [-0.39, 0.29) is 5.91 Å². The summed E-state index contributed by atoms with van der Waals surface area (Å²) in [6, 6.07) is 24.6. The fourth-order valence-corrected chi connectivity index (χ4v) is 5.17. The van der Waals surface area contributed by atoms with Crippen LogP contribution in [0.5, 0.6) is 0 Å². The number of nitrogens with zero attached hydrogens (tertiary/aromatic N) is 2. The van der Waals surface area contributed by atoms with Gasteiger partial charge in [0.1, 0.15) is 0 Å². The van der Waals surface area contributed by atoms with E-state index >= 15 is 0 Å². The fourth-order valence-electron chi connectivity index (χ4n) is 3.48. The number of sulfonamides is 1. The Labute approximate surface area is 197 Å². The largest absolute Gasteiger partial charge is 0.298 e. The Balaban J connectivity index is 1.45. The predicted molar refractivity (Wildman–Crippen MR) is 135 cm³/mol. The minimum Gasteiger partial charge on any atom is -0.298 e. The number of hydrogen-bond acceptors (Lipinski definition) is 5. The number of anilines is 2. The molecule has 0 bridgehead atoms. The van der Waals surface area contributed by atoms with Crippen molar-refractivity contribution in [1.29, 1.82) is 0 Å². The summed E-state index contributed by atoms with van der Waals surface area (Å²) in [5, 5.41) is 5.20. The summed E-state index contributed by atoms with van der Waals surface area (Å²) in [5.41, 5.74) is 4.85. The van der Waals surface area contributed by atoms with Gasteiger partial charge in [-0.25, -0.2) is 13.4 Å². The average molecular weight is 478 g/mol. The topological polar surface area (TPSA) is 79.4 Å². The van der Waals surface area contributed by atoms with Crippen molar-refractivity contribution < 1.29 is 13.2 Å². The zero-order valence-electron chi connectivity index (χ0n) is 18.2. The third-order valence-corrected chi connectivity index (χ3v) is 7.14. The van der Waals surface area contributed by atoms with E-state index in [0.717, 1.165) is 16.7 Å². The van der Waals surface area contributed by atoms with Crippen molar-refractivity contribution in [2.45, 2.75) is 6.92 Å². The molecular weight excluding hydrogens is 454 g/mol. The van der Waals surface area contributed by atoms with Gasteiger partial charge in [-0.05, 0) is 42.3 Å². The number of carbonyl (C=O) groups excluding carboxylic acids is 1. The molecule has 0 aliphatic carbocycles. The average Bonchev–Trinajstić information content (AvgIpc) is 3.28. The highest BCUT2D eigenvalue weighted by atomic mass is 32.2. The van der Waals surface area contributed by atoms with Crippen molar-refractivity contribution in [3.05, 3.63) is 89.8 Å². The summed E-state index contributed by atoms with van der Waals surface area (Å²) in [4.78, 5) is 17.2. The fraction of sp³-hybridized carbons (Fsp3) is 0.120. The highest BCUT2D eigenvalue weighted by Gasteiger charge is 2.16. The lowest BCUT2D eigenvalue weighted by atomic mass is 10.0. The van der Waals surface area contributed by atoms with E-state index in [1.165, 1.54) is 21.9 Å². The Morgan fingerprint density at radius 3 is 2.12 bits per heavy atom. The third-order valence-electron chi connectivity index (χ3n) is 5.12. The van der Waals surface area contributed by atoms with Crippen LogP contribution in [0.4, 0.5) is 10.8 Å². The van der Waals surface area contributed by atoms with Crippen LogP contribution in [0.15, 0.2) is 84.2 Å². The van der Waals surface area contributed by atoms with Crippen molar-refractivity contribution in [3.63, 3.8) is 0 Å². The van der Waals surface area contributed by atoms with Gasteiger partial charge < -0.3 is 0 Å². The van der Waals surface area contributed by atoms with E-state index in [2.05, 4.69) is 10.3 Å². The van der Waals surface area contributed by atoms with Gasteiger partial charge >= 0.3 is 0 Å². The van der Waals surface area contributed by atoms with Gasteiger partial charge in [0.05, 0.1) is 17.6 Å². The van der Waals surface area contributed by atoms with Crippen molar-refractivity contribution in [2.75, 3.05) is 22.4 Å². The molecule has 4 aromatic rings. The lowest BCUT2D eigenvalue weighted by Gasteiger charge is -2.20. The van der Waals surface area contributed by atoms with Crippen molar-refractivity contribution in [3.8, 4) is 22.4 Å². The van der Waals surface area contributed by atoms with Gasteiger partial charge in [-0.1, -0.05) is 54.6 Å². The molecule has 0 unspecified atom stereocenters. The molecule has 6 nitrogen and oxygen atoms in total. The molecule has 168 valence electrons. The standard InChI is InChI=1S/C25H23N3O3S2/c1-3-28(33(2,30)31)22-15-13-20(14-16-22)23-17-32-25(26-23)27-24(29)21-11-9-19(10-12-21)18-7-5-4-6-8-18/h4-17H,3H2,1-2H3,(H,26,27,29). The molecule has 0 saturated carbocycles. The molecule has 1 amide bonds. The minimum absolute atomic E-state index is 0.224. The summed E-state index contributed by atoms with van der Waals surface area (Å²) in [7, 11) is -3.33. The van der Waals surface area contributed by atoms with Crippen molar-refractivity contribution in [2.24, 2.45) is 0 Å². The van der Waals surface area contributed by atoms with Crippen LogP contribution in [0.2, 0.25) is 0 Å². The quantitative estimate of drug-likeness (QED) is 0.380. The normalized spacial score (nSPS) is 11.2. The van der Waals surface area contributed by atoms with Gasteiger partial charge in [0.25, 0.3) is 5.91 Å². The molecule has 3 aromatic carbocycles. The Morgan fingerprint density at radius 1 is 0.909 bits per heavy atom. The molecule has 0 spiro atoms. The van der Waals surface area contributed by atoms with Gasteiger partial charge in [-0.15, -0.1) is 11.3 Å². The summed E-state index contributed by atoms with van der Waals surface area (Å²) in [6.45, 7) is 2.15. The Bertz CT molecular complexity index is 1350. The monoisotopic (exact) mass is 477 g/mol. The van der Waals surface area contributed by atoms with Gasteiger partial charge in [0.2, 0.25) is 10.0 Å². The molecule has 0 saturated heterocycles. The first-order chi connectivity index (χ1) is 15.8. The third kappa shape index (κ3) is 5.30. The van der Waals surface area contributed by atoms with E-state index in [4.69, 9.17) is 0 Å². The van der Waals surface area contributed by atoms with Crippen LogP contribution in [0.1, 0.15) is 17.3 Å². The van der Waals surface area contributed by atoms with Crippen LogP contribution in [0.25, 0.3) is 22.4 Å². The maximum absolute atomic E-state index is 12.6. The number of hydrogen-bond donors (Lipinski definition) is 1. The molecule has 33 heavy (non-hydrogen) atoms. The summed E-state index contributed by atoms with van der Waals surface area (Å²) in [5.74, 6) is -0.224. The number of benzene rings is 3. The highest BCUT2D eigenvalue weighted by Crippen LogP contribution is 2.28. The molecule has 0 fully saturated rings. The number of thiazole rings is 1. The second kappa shape index (κ2) is 9.56. The number of amides is 1. The second-order valence-corrected chi connectivity index (χ2v) is 10.2. The van der Waals surface area contributed by atoms with Gasteiger partial charge in [0, 0.05) is 23.1 Å². The summed E-state index contributed by atoms with van der Waals surface area (Å²) in [6.07, 6.45) is 1.19. The molecule has 1 aromatic heterocycles. The molecule has 0 aliphatic rings. The highest BCUT2D eigenvalue weighted by molar-refractivity contribution is 7.92. The first-order valence-corrected chi connectivity index (χ1v) is 13.1. The van der Waals surface area contributed by atoms with Crippen molar-refractivity contribution in [1.82, 2.24) is 4.98 Å². The first kappa shape index (κ1) is 22.7. The zero-order valence-corrected chi connectivity index (χ0v) is 19.9. The summed E-state index contributed by atoms with van der Waals surface area (Å²) < 4.78 is 25.2. The van der Waals surface area contributed by atoms with Crippen LogP contribution in [-0.2, 0) is 10.0 Å². The predicted octanol–water partition coefficient (Wildman–Crippen LogP) is 5.52.